The highest BCUT2D eigenvalue weighted by Gasteiger charge is 2.19. The van der Waals surface area contributed by atoms with Gasteiger partial charge in [-0.25, -0.2) is 4.99 Å². The molecule has 0 saturated carbocycles. The summed E-state index contributed by atoms with van der Waals surface area (Å²) in [6, 6.07) is 8.96. The van der Waals surface area contributed by atoms with E-state index in [0.29, 0.717) is 12.0 Å². The van der Waals surface area contributed by atoms with Gasteiger partial charge in [-0.3, -0.25) is 4.79 Å². The van der Waals surface area contributed by atoms with E-state index in [9.17, 15) is 4.79 Å². The first kappa shape index (κ1) is 25.7. The third-order valence-electron chi connectivity index (χ3n) is 4.96. The number of nitrogens with one attached hydrogen (secondary N) is 2. The molecule has 0 aromatic heterocycles. The maximum Gasteiger partial charge on any atom is 0.243 e. The molecule has 0 aliphatic heterocycles. The third-order valence-corrected chi connectivity index (χ3v) is 4.96. The minimum Gasteiger partial charge on any atom is -0.381 e. The molecule has 7 heteroatoms. The Labute approximate surface area is 192 Å². The monoisotopic (exact) mass is 516 g/mol. The predicted octanol–water partition coefficient (Wildman–Crippen LogP) is 2.99. The van der Waals surface area contributed by atoms with Gasteiger partial charge in [-0.15, -0.1) is 24.0 Å². The maximum atomic E-state index is 11.9. The van der Waals surface area contributed by atoms with Crippen molar-refractivity contribution >= 4 is 35.8 Å². The lowest BCUT2D eigenvalue weighted by molar-refractivity contribution is -0.127. The average Bonchev–Trinajstić information content (AvgIpc) is 2.70. The molecule has 0 radical (unpaired) electrons. The maximum absolute atomic E-state index is 11.9. The summed E-state index contributed by atoms with van der Waals surface area (Å²) in [7, 11) is 3.51. The van der Waals surface area contributed by atoms with Crippen LogP contribution >= 0.6 is 24.0 Å². The highest BCUT2D eigenvalue weighted by Crippen LogP contribution is 2.20. The standard InChI is InChI=1S/C22H36N4O2.HI/c1-4-5-14-28-15-8-13-23-22(24-17-21(27)26(2)3)25-20-12-11-18-9-6-7-10-19(18)16-20;/h6-7,9-10,20H,4-5,8,11-17H2,1-3H3,(H2,23,24,25);1H. The van der Waals surface area contributed by atoms with Crippen LogP contribution in [0.15, 0.2) is 29.3 Å². The van der Waals surface area contributed by atoms with Crippen molar-refractivity contribution in [1.29, 1.82) is 0 Å². The van der Waals surface area contributed by atoms with Crippen LogP contribution in [0.2, 0.25) is 0 Å². The van der Waals surface area contributed by atoms with Gasteiger partial charge >= 0.3 is 0 Å². The van der Waals surface area contributed by atoms with Crippen LogP contribution in [0.3, 0.4) is 0 Å². The van der Waals surface area contributed by atoms with Crippen LogP contribution in [0, 0.1) is 0 Å². The molecule has 164 valence electrons. The number of guanidine groups is 1. The summed E-state index contributed by atoms with van der Waals surface area (Å²) < 4.78 is 5.61. The Morgan fingerprint density at radius 3 is 2.66 bits per heavy atom. The first-order chi connectivity index (χ1) is 13.6. The van der Waals surface area contributed by atoms with Gasteiger partial charge in [-0.2, -0.15) is 0 Å². The number of ether oxygens (including phenoxy) is 1. The highest BCUT2D eigenvalue weighted by molar-refractivity contribution is 14.0. The van der Waals surface area contributed by atoms with Crippen molar-refractivity contribution in [3.63, 3.8) is 0 Å². The van der Waals surface area contributed by atoms with E-state index in [-0.39, 0.29) is 36.4 Å². The number of halogens is 1. The minimum atomic E-state index is -0.00186. The normalized spacial score (nSPS) is 15.8. The fourth-order valence-corrected chi connectivity index (χ4v) is 3.18. The number of carbonyl (C=O) groups is 1. The molecule has 2 rings (SSSR count). The van der Waals surface area contributed by atoms with Crippen molar-refractivity contribution in [1.82, 2.24) is 15.5 Å². The van der Waals surface area contributed by atoms with Gasteiger partial charge in [-0.1, -0.05) is 37.6 Å². The average molecular weight is 516 g/mol. The summed E-state index contributed by atoms with van der Waals surface area (Å²) in [6.07, 6.45) is 6.31. The van der Waals surface area contributed by atoms with E-state index >= 15 is 0 Å². The summed E-state index contributed by atoms with van der Waals surface area (Å²) >= 11 is 0. The van der Waals surface area contributed by atoms with Crippen LogP contribution in [-0.4, -0.2) is 63.2 Å². The van der Waals surface area contributed by atoms with Gasteiger partial charge in [0.25, 0.3) is 0 Å². The second kappa shape index (κ2) is 14.6. The molecule has 0 bridgehead atoms. The highest BCUT2D eigenvalue weighted by atomic mass is 127. The number of likely N-dealkylation sites (N-methyl/N-ethyl adjacent to an activating group) is 1. The lowest BCUT2D eigenvalue weighted by Crippen LogP contribution is -2.46. The van der Waals surface area contributed by atoms with E-state index in [1.54, 1.807) is 19.0 Å². The summed E-state index contributed by atoms with van der Waals surface area (Å²) in [5.74, 6) is 0.714. The van der Waals surface area contributed by atoms with E-state index in [2.05, 4.69) is 46.8 Å². The zero-order valence-corrected chi connectivity index (χ0v) is 20.4. The second-order valence-corrected chi connectivity index (χ2v) is 7.55. The van der Waals surface area contributed by atoms with Gasteiger partial charge < -0.3 is 20.3 Å². The molecule has 1 aromatic rings. The number of amides is 1. The summed E-state index contributed by atoms with van der Waals surface area (Å²) in [6.45, 7) is 4.66. The van der Waals surface area contributed by atoms with Crippen molar-refractivity contribution in [3.05, 3.63) is 35.4 Å². The van der Waals surface area contributed by atoms with Crippen LogP contribution < -0.4 is 10.6 Å². The zero-order valence-electron chi connectivity index (χ0n) is 18.1. The number of rotatable bonds is 10. The number of benzene rings is 1. The van der Waals surface area contributed by atoms with Gasteiger partial charge in [0.1, 0.15) is 6.54 Å². The van der Waals surface area contributed by atoms with Crippen LogP contribution in [0.25, 0.3) is 0 Å². The second-order valence-electron chi connectivity index (χ2n) is 7.55. The van der Waals surface area contributed by atoms with E-state index in [0.717, 1.165) is 58.3 Å². The van der Waals surface area contributed by atoms with E-state index in [1.165, 1.54) is 11.1 Å². The van der Waals surface area contributed by atoms with Gasteiger partial charge in [0.05, 0.1) is 0 Å². The molecule has 1 unspecified atom stereocenters. The quantitative estimate of drug-likeness (QED) is 0.217. The topological polar surface area (TPSA) is 66.0 Å². The Balaban J connectivity index is 0.00000420. The van der Waals surface area contributed by atoms with E-state index < -0.39 is 0 Å². The van der Waals surface area contributed by atoms with Crippen LogP contribution in [0.5, 0.6) is 0 Å². The Hall–Kier alpha value is -1.35. The number of unbranched alkanes of at least 4 members (excludes halogenated alkanes) is 1. The fourth-order valence-electron chi connectivity index (χ4n) is 3.18. The Morgan fingerprint density at radius 2 is 1.93 bits per heavy atom. The van der Waals surface area contributed by atoms with Crippen molar-refractivity contribution in [2.75, 3.05) is 40.4 Å². The molecular formula is C22H37IN4O2. The smallest absolute Gasteiger partial charge is 0.243 e. The Morgan fingerprint density at radius 1 is 1.21 bits per heavy atom. The number of nitrogens with zero attached hydrogens (tertiary/aromatic N) is 2. The fraction of sp³-hybridized carbons (Fsp3) is 0.636. The molecule has 1 atom stereocenters. The number of hydrogen-bond donors (Lipinski definition) is 2. The molecule has 1 aliphatic rings. The zero-order chi connectivity index (χ0) is 20.2. The summed E-state index contributed by atoms with van der Waals surface area (Å²) in [4.78, 5) is 18.0. The van der Waals surface area contributed by atoms with Gasteiger partial charge in [0.2, 0.25) is 5.91 Å². The van der Waals surface area contributed by atoms with Crippen molar-refractivity contribution in [3.8, 4) is 0 Å². The molecule has 1 amide bonds. The predicted molar refractivity (Wildman–Crippen MR) is 130 cm³/mol. The number of aryl methyl sites for hydroxylation is 1. The Kier molecular flexibility index (Phi) is 12.9. The molecule has 1 aromatic carbocycles. The van der Waals surface area contributed by atoms with Crippen molar-refractivity contribution in [2.24, 2.45) is 4.99 Å². The molecule has 0 spiro atoms. The van der Waals surface area contributed by atoms with Gasteiger partial charge in [-0.05, 0) is 43.2 Å². The lowest BCUT2D eigenvalue weighted by atomic mass is 9.88. The lowest BCUT2D eigenvalue weighted by Gasteiger charge is -2.27. The van der Waals surface area contributed by atoms with Crippen LogP contribution in [0.4, 0.5) is 0 Å². The van der Waals surface area contributed by atoms with Crippen LogP contribution in [-0.2, 0) is 22.4 Å². The first-order valence-electron chi connectivity index (χ1n) is 10.5. The van der Waals surface area contributed by atoms with Crippen LogP contribution in [0.1, 0.15) is 43.7 Å². The molecule has 6 nitrogen and oxygen atoms in total. The molecule has 0 saturated heterocycles. The summed E-state index contributed by atoms with van der Waals surface area (Å²) in [5.41, 5.74) is 2.85. The molecule has 2 N–H and O–H groups in total. The van der Waals surface area contributed by atoms with Gasteiger partial charge in [0.15, 0.2) is 5.96 Å². The number of fused-ring (bicyclic) bond motifs is 1. The minimum absolute atomic E-state index is 0. The summed E-state index contributed by atoms with van der Waals surface area (Å²) in [5, 5.41) is 6.89. The number of aliphatic imine (C=N–C) groups is 1. The molecule has 1 aliphatic carbocycles. The largest absolute Gasteiger partial charge is 0.381 e. The SMILES string of the molecule is CCCCOCCCNC(=NCC(=O)N(C)C)NC1CCc2ccccc2C1.I. The van der Waals surface area contributed by atoms with Crippen molar-refractivity contribution < 1.29 is 9.53 Å². The Bertz CT molecular complexity index is 637. The number of hydrogen-bond acceptors (Lipinski definition) is 3. The first-order valence-corrected chi connectivity index (χ1v) is 10.5. The van der Waals surface area contributed by atoms with E-state index in [4.69, 9.17) is 4.74 Å². The van der Waals surface area contributed by atoms with Gasteiger partial charge in [0, 0.05) is 39.9 Å². The molecule has 29 heavy (non-hydrogen) atoms. The number of carbonyl (C=O) groups excluding carboxylic acids is 1. The van der Waals surface area contributed by atoms with Crippen molar-refractivity contribution in [2.45, 2.75) is 51.5 Å². The molecular weight excluding hydrogens is 479 g/mol. The third kappa shape index (κ3) is 9.80. The van der Waals surface area contributed by atoms with E-state index in [1.807, 2.05) is 0 Å². The molecule has 0 fully saturated rings. The molecule has 0 heterocycles.